The summed E-state index contributed by atoms with van der Waals surface area (Å²) in [5.74, 6) is 2.78. The second kappa shape index (κ2) is 9.12. The molecule has 6 heteroatoms. The van der Waals surface area contributed by atoms with Gasteiger partial charge in [-0.25, -0.2) is 15.0 Å². The third-order valence-electron chi connectivity index (χ3n) is 7.35. The molecule has 3 aromatic heterocycles. The lowest BCUT2D eigenvalue weighted by Gasteiger charge is -2.27. The van der Waals surface area contributed by atoms with Gasteiger partial charge in [0.1, 0.15) is 22.9 Å². The van der Waals surface area contributed by atoms with Crippen LogP contribution in [-0.2, 0) is 0 Å². The molecular formula is C29H30N6. The standard InChI is InChI=1S/C29H30N6/c1-31-18-19-7-9-22(10-8-19)29-34-26(27-28(30)32-15-16-35(27)29)23-12-11-21-13-14-24(33-25(21)17-23)20-5-3-2-4-6-20/h2-6,11-17,19,22,31H,7-10,18H2,1H3,(H2,30,32). The molecule has 0 saturated heterocycles. The number of fused-ring (bicyclic) bond motifs is 2. The van der Waals surface area contributed by atoms with Gasteiger partial charge >= 0.3 is 0 Å². The van der Waals surface area contributed by atoms with Crippen LogP contribution in [0.1, 0.15) is 37.4 Å². The third kappa shape index (κ3) is 4.04. The van der Waals surface area contributed by atoms with E-state index in [4.69, 9.17) is 15.7 Å². The van der Waals surface area contributed by atoms with E-state index in [-0.39, 0.29) is 0 Å². The molecule has 35 heavy (non-hydrogen) atoms. The molecule has 1 saturated carbocycles. The van der Waals surface area contributed by atoms with Crippen LogP contribution in [0.3, 0.4) is 0 Å². The number of nitrogens with one attached hydrogen (secondary N) is 1. The van der Waals surface area contributed by atoms with E-state index in [1.807, 2.05) is 31.4 Å². The molecule has 3 N–H and O–H groups in total. The average Bonchev–Trinajstić information content (AvgIpc) is 3.30. The van der Waals surface area contributed by atoms with Gasteiger partial charge in [0.15, 0.2) is 0 Å². The second-order valence-corrected chi connectivity index (χ2v) is 9.60. The zero-order valence-electron chi connectivity index (χ0n) is 20.0. The molecular weight excluding hydrogens is 432 g/mol. The third-order valence-corrected chi connectivity index (χ3v) is 7.35. The molecule has 1 fully saturated rings. The molecule has 1 aliphatic rings. The lowest BCUT2D eigenvalue weighted by Crippen LogP contribution is -2.24. The van der Waals surface area contributed by atoms with Crippen molar-refractivity contribution in [1.29, 1.82) is 0 Å². The molecule has 6 rings (SSSR count). The van der Waals surface area contributed by atoms with E-state index in [1.54, 1.807) is 6.20 Å². The second-order valence-electron chi connectivity index (χ2n) is 9.60. The van der Waals surface area contributed by atoms with Crippen molar-refractivity contribution in [3.63, 3.8) is 0 Å². The van der Waals surface area contributed by atoms with Gasteiger partial charge in [-0.2, -0.15) is 0 Å². The molecule has 0 atom stereocenters. The fourth-order valence-corrected chi connectivity index (χ4v) is 5.52. The van der Waals surface area contributed by atoms with Gasteiger partial charge in [-0.3, -0.25) is 4.40 Å². The molecule has 176 valence electrons. The van der Waals surface area contributed by atoms with E-state index in [2.05, 4.69) is 57.2 Å². The maximum absolute atomic E-state index is 6.42. The highest BCUT2D eigenvalue weighted by Crippen LogP contribution is 2.38. The Hall–Kier alpha value is -3.77. The Balaban J connectivity index is 1.43. The summed E-state index contributed by atoms with van der Waals surface area (Å²) in [6.45, 7) is 1.09. The van der Waals surface area contributed by atoms with Crippen LogP contribution in [-0.4, -0.2) is 32.9 Å². The van der Waals surface area contributed by atoms with Gasteiger partial charge in [-0.05, 0) is 57.3 Å². The highest BCUT2D eigenvalue weighted by Gasteiger charge is 2.27. The summed E-state index contributed by atoms with van der Waals surface area (Å²) >= 11 is 0. The van der Waals surface area contributed by atoms with Crippen LogP contribution in [0.15, 0.2) is 73.1 Å². The summed E-state index contributed by atoms with van der Waals surface area (Å²) in [6, 6.07) is 20.9. The molecule has 0 spiro atoms. The number of aromatic nitrogens is 4. The Morgan fingerprint density at radius 1 is 0.943 bits per heavy atom. The Kier molecular flexibility index (Phi) is 5.66. The zero-order valence-corrected chi connectivity index (χ0v) is 20.0. The van der Waals surface area contributed by atoms with Crippen molar-refractivity contribution >= 4 is 22.2 Å². The van der Waals surface area contributed by atoms with Crippen LogP contribution in [0.25, 0.3) is 38.9 Å². The lowest BCUT2D eigenvalue weighted by molar-refractivity contribution is 0.313. The van der Waals surface area contributed by atoms with Gasteiger partial charge in [-0.15, -0.1) is 0 Å². The van der Waals surface area contributed by atoms with Crippen molar-refractivity contribution < 1.29 is 0 Å². The maximum atomic E-state index is 6.42. The minimum Gasteiger partial charge on any atom is -0.382 e. The van der Waals surface area contributed by atoms with E-state index in [0.717, 1.165) is 70.1 Å². The fraction of sp³-hybridized carbons (Fsp3) is 0.276. The first kappa shape index (κ1) is 21.7. The van der Waals surface area contributed by atoms with Crippen LogP contribution >= 0.6 is 0 Å². The smallest absolute Gasteiger partial charge is 0.150 e. The average molecular weight is 463 g/mol. The van der Waals surface area contributed by atoms with Crippen molar-refractivity contribution in [3.05, 3.63) is 78.9 Å². The molecule has 0 amide bonds. The monoisotopic (exact) mass is 462 g/mol. The largest absolute Gasteiger partial charge is 0.382 e. The van der Waals surface area contributed by atoms with Crippen LogP contribution < -0.4 is 11.1 Å². The number of nitrogens with zero attached hydrogens (tertiary/aromatic N) is 4. The molecule has 0 aliphatic heterocycles. The lowest BCUT2D eigenvalue weighted by atomic mass is 9.81. The minimum atomic E-state index is 0.425. The van der Waals surface area contributed by atoms with E-state index in [9.17, 15) is 0 Å². The van der Waals surface area contributed by atoms with Gasteiger partial charge in [0.25, 0.3) is 0 Å². The normalized spacial score (nSPS) is 18.3. The zero-order chi connectivity index (χ0) is 23.8. The number of rotatable bonds is 5. The minimum absolute atomic E-state index is 0.425. The topological polar surface area (TPSA) is 81.1 Å². The summed E-state index contributed by atoms with van der Waals surface area (Å²) in [6.07, 6.45) is 8.51. The van der Waals surface area contributed by atoms with Crippen LogP contribution in [0.4, 0.5) is 5.82 Å². The number of hydrogen-bond donors (Lipinski definition) is 2. The van der Waals surface area contributed by atoms with Gasteiger partial charge in [0, 0.05) is 34.8 Å². The Labute approximate surface area is 205 Å². The number of nitrogens with two attached hydrogens (primary N) is 1. The van der Waals surface area contributed by atoms with Crippen molar-refractivity contribution in [2.24, 2.45) is 5.92 Å². The van der Waals surface area contributed by atoms with Crippen molar-refractivity contribution in [2.75, 3.05) is 19.3 Å². The Bertz CT molecular complexity index is 1480. The predicted octanol–water partition coefficient (Wildman–Crippen LogP) is 5.69. The number of anilines is 1. The maximum Gasteiger partial charge on any atom is 0.150 e. The highest BCUT2D eigenvalue weighted by molar-refractivity contribution is 5.91. The molecule has 5 aromatic rings. The van der Waals surface area contributed by atoms with E-state index in [1.165, 1.54) is 12.8 Å². The molecule has 0 unspecified atom stereocenters. The summed E-state index contributed by atoms with van der Waals surface area (Å²) in [4.78, 5) is 14.6. The van der Waals surface area contributed by atoms with E-state index >= 15 is 0 Å². The predicted molar refractivity (Wildman–Crippen MR) is 142 cm³/mol. The first-order valence-corrected chi connectivity index (χ1v) is 12.4. The summed E-state index contributed by atoms with van der Waals surface area (Å²) in [7, 11) is 2.04. The molecule has 3 heterocycles. The molecule has 1 aliphatic carbocycles. The first-order chi connectivity index (χ1) is 17.2. The van der Waals surface area contributed by atoms with Gasteiger partial charge in [-0.1, -0.05) is 48.5 Å². The summed E-state index contributed by atoms with van der Waals surface area (Å²) < 4.78 is 2.17. The van der Waals surface area contributed by atoms with Crippen LogP contribution in [0, 0.1) is 5.92 Å². The van der Waals surface area contributed by atoms with Gasteiger partial charge < -0.3 is 11.1 Å². The molecule has 0 bridgehead atoms. The fourth-order valence-electron chi connectivity index (χ4n) is 5.52. The summed E-state index contributed by atoms with van der Waals surface area (Å²) in [5.41, 5.74) is 12.2. The van der Waals surface area contributed by atoms with Gasteiger partial charge in [0.05, 0.1) is 11.2 Å². The number of pyridine rings is 1. The Morgan fingerprint density at radius 2 is 1.74 bits per heavy atom. The number of imidazole rings is 1. The molecule has 0 radical (unpaired) electrons. The number of nitrogen functional groups attached to an aromatic ring is 1. The number of hydrogen-bond acceptors (Lipinski definition) is 5. The van der Waals surface area contributed by atoms with Crippen LogP contribution in [0.2, 0.25) is 0 Å². The molecule has 2 aromatic carbocycles. The SMILES string of the molecule is CNCC1CCC(c2nc(-c3ccc4ccc(-c5ccccc5)nc4c3)c3c(N)nccn23)CC1. The number of benzene rings is 2. The van der Waals surface area contributed by atoms with Crippen molar-refractivity contribution in [1.82, 2.24) is 24.7 Å². The van der Waals surface area contributed by atoms with Crippen LogP contribution in [0.5, 0.6) is 0 Å². The van der Waals surface area contributed by atoms with Gasteiger partial charge in [0.2, 0.25) is 0 Å². The quantitative estimate of drug-likeness (QED) is 0.351. The molecule has 6 nitrogen and oxygen atoms in total. The van der Waals surface area contributed by atoms with Crippen molar-refractivity contribution in [2.45, 2.75) is 31.6 Å². The summed E-state index contributed by atoms with van der Waals surface area (Å²) in [5, 5.41) is 4.43. The highest BCUT2D eigenvalue weighted by atomic mass is 15.1. The van der Waals surface area contributed by atoms with E-state index < -0.39 is 0 Å². The Morgan fingerprint density at radius 3 is 2.54 bits per heavy atom. The van der Waals surface area contributed by atoms with E-state index in [0.29, 0.717) is 11.7 Å². The first-order valence-electron chi connectivity index (χ1n) is 12.4. The van der Waals surface area contributed by atoms with Crippen molar-refractivity contribution in [3.8, 4) is 22.5 Å².